The molecule has 0 aliphatic carbocycles. The summed E-state index contributed by atoms with van der Waals surface area (Å²) < 4.78 is 12.9. The molecular formula is C20H23ClN4O3. The number of pyridine rings is 1. The Balaban J connectivity index is 1.86. The van der Waals surface area contributed by atoms with E-state index < -0.39 is 0 Å². The second-order valence-corrected chi connectivity index (χ2v) is 7.34. The Morgan fingerprint density at radius 2 is 1.93 bits per heavy atom. The monoisotopic (exact) mass is 402 g/mol. The van der Waals surface area contributed by atoms with Crippen molar-refractivity contribution in [1.29, 1.82) is 0 Å². The van der Waals surface area contributed by atoms with Gasteiger partial charge in [-0.05, 0) is 45.9 Å². The Kier molecular flexibility index (Phi) is 5.74. The molecule has 2 heterocycles. The van der Waals surface area contributed by atoms with Gasteiger partial charge in [-0.2, -0.15) is 5.10 Å². The Morgan fingerprint density at radius 3 is 2.57 bits per heavy atom. The quantitative estimate of drug-likeness (QED) is 0.645. The summed E-state index contributed by atoms with van der Waals surface area (Å²) in [6, 6.07) is 5.19. The van der Waals surface area contributed by atoms with Crippen molar-refractivity contribution in [3.05, 3.63) is 41.2 Å². The van der Waals surface area contributed by atoms with Gasteiger partial charge in [0.05, 0.1) is 36.3 Å². The molecule has 1 amide bonds. The summed E-state index contributed by atoms with van der Waals surface area (Å²) in [6.07, 6.45) is 3.27. The molecule has 3 rings (SSSR count). The zero-order chi connectivity index (χ0) is 20.4. The number of carbonyl (C=O) groups is 1. The number of hydrogen-bond donors (Lipinski definition) is 1. The van der Waals surface area contributed by atoms with Crippen molar-refractivity contribution in [2.45, 2.75) is 39.8 Å². The molecular weight excluding hydrogens is 380 g/mol. The van der Waals surface area contributed by atoms with Gasteiger partial charge >= 0.3 is 0 Å². The molecule has 0 fully saturated rings. The number of methoxy groups -OCH3 is 1. The van der Waals surface area contributed by atoms with Crippen LogP contribution in [0.5, 0.6) is 11.5 Å². The van der Waals surface area contributed by atoms with E-state index in [0.29, 0.717) is 27.8 Å². The van der Waals surface area contributed by atoms with E-state index in [4.69, 9.17) is 21.1 Å². The third-order valence-electron chi connectivity index (χ3n) is 4.03. The number of fused-ring (bicyclic) bond motifs is 1. The van der Waals surface area contributed by atoms with E-state index in [2.05, 4.69) is 15.4 Å². The molecule has 148 valence electrons. The first-order chi connectivity index (χ1) is 13.3. The van der Waals surface area contributed by atoms with Gasteiger partial charge in [0, 0.05) is 17.0 Å². The number of rotatable bonds is 6. The van der Waals surface area contributed by atoms with Crippen molar-refractivity contribution >= 4 is 34.2 Å². The number of ether oxygens (including phenoxy) is 2. The van der Waals surface area contributed by atoms with Crippen LogP contribution in [0.1, 0.15) is 44.1 Å². The minimum atomic E-state index is -0.325. The molecule has 0 bridgehead atoms. The van der Waals surface area contributed by atoms with Gasteiger partial charge in [0.15, 0.2) is 17.1 Å². The molecule has 0 unspecified atom stereocenters. The van der Waals surface area contributed by atoms with E-state index in [1.807, 2.05) is 38.4 Å². The Labute approximate surface area is 168 Å². The van der Waals surface area contributed by atoms with Crippen LogP contribution < -0.4 is 14.8 Å². The fraction of sp³-hybridized carbons (Fsp3) is 0.350. The standard InChI is InChI=1S/C20H23ClN4O3/c1-11(2)25-19-14(9-23-25)6-15(10-22-19)24-20(26)13-7-16(21)18(28-12(3)4)17(8-13)27-5/h6-12H,1-5H3,(H,24,26). The van der Waals surface area contributed by atoms with Gasteiger partial charge in [0.2, 0.25) is 0 Å². The van der Waals surface area contributed by atoms with Crippen molar-refractivity contribution in [3.8, 4) is 11.5 Å². The molecule has 0 aliphatic heterocycles. The highest BCUT2D eigenvalue weighted by Crippen LogP contribution is 2.37. The number of halogens is 1. The Morgan fingerprint density at radius 1 is 1.18 bits per heavy atom. The second-order valence-electron chi connectivity index (χ2n) is 6.93. The molecule has 0 saturated heterocycles. The first-order valence-corrected chi connectivity index (χ1v) is 9.36. The number of aromatic nitrogens is 3. The zero-order valence-electron chi connectivity index (χ0n) is 16.5. The van der Waals surface area contributed by atoms with E-state index in [1.54, 1.807) is 24.5 Å². The topological polar surface area (TPSA) is 78.3 Å². The summed E-state index contributed by atoms with van der Waals surface area (Å²) >= 11 is 6.31. The molecule has 28 heavy (non-hydrogen) atoms. The van der Waals surface area contributed by atoms with E-state index in [0.717, 1.165) is 11.0 Å². The van der Waals surface area contributed by atoms with E-state index in [1.165, 1.54) is 7.11 Å². The summed E-state index contributed by atoms with van der Waals surface area (Å²) in [5.41, 5.74) is 1.70. The predicted octanol–water partition coefficient (Wildman–Crippen LogP) is 4.71. The zero-order valence-corrected chi connectivity index (χ0v) is 17.2. The largest absolute Gasteiger partial charge is 0.493 e. The summed E-state index contributed by atoms with van der Waals surface area (Å²) in [4.78, 5) is 17.1. The molecule has 8 heteroatoms. The van der Waals surface area contributed by atoms with Crippen LogP contribution in [-0.2, 0) is 0 Å². The van der Waals surface area contributed by atoms with Crippen LogP contribution in [0, 0.1) is 0 Å². The number of amides is 1. The van der Waals surface area contributed by atoms with Crippen LogP contribution in [0.3, 0.4) is 0 Å². The second kappa shape index (κ2) is 8.06. The molecule has 1 aromatic carbocycles. The normalized spacial score (nSPS) is 11.3. The summed E-state index contributed by atoms with van der Waals surface area (Å²) in [5.74, 6) is 0.492. The highest BCUT2D eigenvalue weighted by molar-refractivity contribution is 6.32. The lowest BCUT2D eigenvalue weighted by molar-refractivity contribution is 0.102. The highest BCUT2D eigenvalue weighted by Gasteiger charge is 2.17. The van der Waals surface area contributed by atoms with Gasteiger partial charge in [-0.15, -0.1) is 0 Å². The third kappa shape index (κ3) is 4.04. The van der Waals surface area contributed by atoms with Crippen molar-refractivity contribution in [2.24, 2.45) is 0 Å². The SMILES string of the molecule is COc1cc(C(=O)Nc2cnc3c(cnn3C(C)C)c2)cc(Cl)c1OC(C)C. The van der Waals surface area contributed by atoms with Gasteiger partial charge in [0.1, 0.15) is 0 Å². The minimum Gasteiger partial charge on any atom is -0.493 e. The van der Waals surface area contributed by atoms with Gasteiger partial charge < -0.3 is 14.8 Å². The van der Waals surface area contributed by atoms with Crippen molar-refractivity contribution in [2.75, 3.05) is 12.4 Å². The molecule has 0 aliphatic rings. The van der Waals surface area contributed by atoms with Gasteiger partial charge in [0.25, 0.3) is 5.91 Å². The lowest BCUT2D eigenvalue weighted by Crippen LogP contribution is -2.13. The average Bonchev–Trinajstić information content (AvgIpc) is 3.06. The lowest BCUT2D eigenvalue weighted by atomic mass is 10.1. The molecule has 1 N–H and O–H groups in total. The molecule has 7 nitrogen and oxygen atoms in total. The van der Waals surface area contributed by atoms with Crippen molar-refractivity contribution in [1.82, 2.24) is 14.8 Å². The molecule has 3 aromatic rings. The number of carbonyl (C=O) groups excluding carboxylic acids is 1. The van der Waals surface area contributed by atoms with Crippen LogP contribution in [0.15, 0.2) is 30.6 Å². The van der Waals surface area contributed by atoms with Gasteiger partial charge in [-0.3, -0.25) is 4.79 Å². The fourth-order valence-corrected chi connectivity index (χ4v) is 3.05. The van der Waals surface area contributed by atoms with E-state index >= 15 is 0 Å². The fourth-order valence-electron chi connectivity index (χ4n) is 2.79. The maximum Gasteiger partial charge on any atom is 0.255 e. The number of nitrogens with zero attached hydrogens (tertiary/aromatic N) is 3. The predicted molar refractivity (Wildman–Crippen MR) is 110 cm³/mol. The number of nitrogens with one attached hydrogen (secondary N) is 1. The molecule has 0 radical (unpaired) electrons. The van der Waals surface area contributed by atoms with Gasteiger partial charge in [-0.25, -0.2) is 9.67 Å². The van der Waals surface area contributed by atoms with E-state index in [9.17, 15) is 4.79 Å². The van der Waals surface area contributed by atoms with Crippen LogP contribution in [0.25, 0.3) is 11.0 Å². The maximum absolute atomic E-state index is 12.7. The number of benzene rings is 1. The summed E-state index contributed by atoms with van der Waals surface area (Å²) in [5, 5.41) is 8.33. The third-order valence-corrected chi connectivity index (χ3v) is 4.31. The molecule has 0 spiro atoms. The number of hydrogen-bond acceptors (Lipinski definition) is 5. The highest BCUT2D eigenvalue weighted by atomic mass is 35.5. The maximum atomic E-state index is 12.7. The summed E-state index contributed by atoms with van der Waals surface area (Å²) in [7, 11) is 1.50. The van der Waals surface area contributed by atoms with Gasteiger partial charge in [-0.1, -0.05) is 11.6 Å². The Hall–Kier alpha value is -2.80. The van der Waals surface area contributed by atoms with E-state index in [-0.39, 0.29) is 18.1 Å². The first-order valence-electron chi connectivity index (χ1n) is 8.99. The molecule has 0 saturated carbocycles. The van der Waals surface area contributed by atoms with Crippen molar-refractivity contribution < 1.29 is 14.3 Å². The Bertz CT molecular complexity index is 1010. The molecule has 0 atom stereocenters. The first kappa shape index (κ1) is 19.9. The van der Waals surface area contributed by atoms with Crippen LogP contribution in [0.2, 0.25) is 5.02 Å². The lowest BCUT2D eigenvalue weighted by Gasteiger charge is -2.16. The summed E-state index contributed by atoms with van der Waals surface area (Å²) in [6.45, 7) is 7.85. The molecule has 2 aromatic heterocycles. The average molecular weight is 403 g/mol. The van der Waals surface area contributed by atoms with Crippen LogP contribution in [-0.4, -0.2) is 33.9 Å². The number of anilines is 1. The van der Waals surface area contributed by atoms with Crippen LogP contribution in [0.4, 0.5) is 5.69 Å². The smallest absolute Gasteiger partial charge is 0.255 e. The van der Waals surface area contributed by atoms with Crippen LogP contribution >= 0.6 is 11.6 Å². The minimum absolute atomic E-state index is 0.0735. The van der Waals surface area contributed by atoms with Crippen molar-refractivity contribution in [3.63, 3.8) is 0 Å².